The van der Waals surface area contributed by atoms with Crippen LogP contribution >= 0.6 is 0 Å². The topological polar surface area (TPSA) is 99.8 Å². The Bertz CT molecular complexity index is 1090. The summed E-state index contributed by atoms with van der Waals surface area (Å²) in [6, 6.07) is 15.0. The van der Waals surface area contributed by atoms with E-state index in [1.165, 1.54) is 21.6 Å². The Morgan fingerprint density at radius 3 is 2.29 bits per heavy atom. The third-order valence-corrected chi connectivity index (χ3v) is 7.12. The highest BCUT2D eigenvalue weighted by Crippen LogP contribution is 2.22. The minimum atomic E-state index is -0.344. The van der Waals surface area contributed by atoms with Crippen LogP contribution in [0.2, 0.25) is 0 Å². The molecule has 1 unspecified atom stereocenters. The van der Waals surface area contributed by atoms with Crippen molar-refractivity contribution in [1.82, 2.24) is 20.9 Å². The van der Waals surface area contributed by atoms with Gasteiger partial charge in [-0.25, -0.2) is 0 Å². The van der Waals surface area contributed by atoms with Gasteiger partial charge in [0, 0.05) is 32.6 Å². The van der Waals surface area contributed by atoms with E-state index in [0.717, 1.165) is 49.8 Å². The highest BCUT2D eigenvalue weighted by atomic mass is 16.5. The van der Waals surface area contributed by atoms with Crippen molar-refractivity contribution in [3.8, 4) is 5.75 Å². The number of benzene rings is 2. The first-order valence-electron chi connectivity index (χ1n) is 15.1. The largest absolute Gasteiger partial charge is 0.492 e. The lowest BCUT2D eigenvalue weighted by molar-refractivity contribution is -0.135. The molecule has 3 rings (SSSR count). The van der Waals surface area contributed by atoms with Gasteiger partial charge in [-0.15, -0.1) is 0 Å². The summed E-state index contributed by atoms with van der Waals surface area (Å²) in [6.45, 7) is 9.97. The molecule has 1 atom stereocenters. The molecule has 0 aliphatic carbocycles. The molecule has 0 spiro atoms. The fourth-order valence-corrected chi connectivity index (χ4v) is 4.51. The molecule has 1 aliphatic heterocycles. The molecular formula is C33H50N4O4. The van der Waals surface area contributed by atoms with Gasteiger partial charge in [-0.2, -0.15) is 0 Å². The molecule has 0 fully saturated rings. The van der Waals surface area contributed by atoms with Crippen LogP contribution in [0.3, 0.4) is 0 Å². The lowest BCUT2D eigenvalue weighted by atomic mass is 10.0. The van der Waals surface area contributed by atoms with Crippen LogP contribution in [0.1, 0.15) is 68.7 Å². The minimum Gasteiger partial charge on any atom is -0.492 e. The Labute approximate surface area is 246 Å². The van der Waals surface area contributed by atoms with E-state index in [1.54, 1.807) is 7.05 Å². The van der Waals surface area contributed by atoms with Crippen LogP contribution in [-0.2, 0) is 33.6 Å². The third-order valence-electron chi connectivity index (χ3n) is 7.12. The predicted molar refractivity (Wildman–Crippen MR) is 165 cm³/mol. The number of nitrogens with one attached hydrogen (secondary N) is 3. The van der Waals surface area contributed by atoms with Gasteiger partial charge in [-0.3, -0.25) is 14.4 Å². The Morgan fingerprint density at radius 1 is 0.902 bits per heavy atom. The number of carbonyl (C=O) groups excluding carboxylic acids is 3. The van der Waals surface area contributed by atoms with Gasteiger partial charge in [0.25, 0.3) is 0 Å². The fraction of sp³-hybridized carbons (Fsp3) is 0.545. The number of rotatable bonds is 4. The summed E-state index contributed by atoms with van der Waals surface area (Å²) in [4.78, 5) is 38.1. The smallest absolute Gasteiger partial charge is 0.240 e. The zero-order valence-electron chi connectivity index (χ0n) is 25.7. The third kappa shape index (κ3) is 13.2. The molecule has 0 radical (unpaired) electrons. The Kier molecular flexibility index (Phi) is 15.6. The van der Waals surface area contributed by atoms with Crippen LogP contribution in [0.4, 0.5) is 0 Å². The number of hydrogen-bond acceptors (Lipinski definition) is 5. The van der Waals surface area contributed by atoms with E-state index in [4.69, 9.17) is 4.74 Å². The number of hydrogen-bond donors (Lipinski definition) is 3. The molecule has 8 heteroatoms. The van der Waals surface area contributed by atoms with Gasteiger partial charge < -0.3 is 25.6 Å². The first-order chi connectivity index (χ1) is 19.7. The lowest BCUT2D eigenvalue weighted by Crippen LogP contribution is -2.44. The average Bonchev–Trinajstić information content (AvgIpc) is 2.97. The number of nitrogens with zero attached hydrogens (tertiary/aromatic N) is 1. The van der Waals surface area contributed by atoms with Crippen molar-refractivity contribution in [2.75, 3.05) is 39.8 Å². The number of amides is 3. The molecule has 0 bridgehead atoms. The van der Waals surface area contributed by atoms with Crippen molar-refractivity contribution < 1.29 is 19.1 Å². The molecule has 2 aromatic carbocycles. The molecule has 41 heavy (non-hydrogen) atoms. The van der Waals surface area contributed by atoms with Gasteiger partial charge in [0.1, 0.15) is 12.4 Å². The van der Waals surface area contributed by atoms with E-state index < -0.39 is 0 Å². The second-order valence-corrected chi connectivity index (χ2v) is 10.6. The first-order valence-corrected chi connectivity index (χ1v) is 15.1. The van der Waals surface area contributed by atoms with Crippen molar-refractivity contribution in [1.29, 1.82) is 0 Å². The van der Waals surface area contributed by atoms with Crippen LogP contribution in [0.15, 0.2) is 42.5 Å². The van der Waals surface area contributed by atoms with Crippen LogP contribution < -0.4 is 20.7 Å². The fourth-order valence-electron chi connectivity index (χ4n) is 4.51. The number of likely N-dealkylation sites (N-methyl/N-ethyl adjacent to an activating group) is 1. The summed E-state index contributed by atoms with van der Waals surface area (Å²) in [5.74, 6) is 0.191. The maximum atomic E-state index is 12.6. The second-order valence-electron chi connectivity index (χ2n) is 10.6. The second kappa shape index (κ2) is 18.9. The molecule has 3 N–H and O–H groups in total. The summed E-state index contributed by atoms with van der Waals surface area (Å²) in [5, 5.41) is 8.84. The molecule has 8 nitrogen and oxygen atoms in total. The Balaban J connectivity index is 0.000000553. The molecule has 3 amide bonds. The van der Waals surface area contributed by atoms with E-state index in [9.17, 15) is 14.4 Å². The van der Waals surface area contributed by atoms with Crippen molar-refractivity contribution in [3.05, 3.63) is 64.7 Å². The molecule has 1 aliphatic rings. The summed E-state index contributed by atoms with van der Waals surface area (Å²) >= 11 is 0. The maximum Gasteiger partial charge on any atom is 0.240 e. The van der Waals surface area contributed by atoms with E-state index >= 15 is 0 Å². The SMILES string of the molecule is CCCC1CC(=O)N(C)CC(=O)NCC(=O)NCCCc2ccc(CC)cc2OCCN1.CCc1ccc(C)cc1. The molecule has 226 valence electrons. The van der Waals surface area contributed by atoms with E-state index in [-0.39, 0.29) is 36.9 Å². The number of fused-ring (bicyclic) bond motifs is 1. The molecule has 2 aromatic rings. The molecule has 0 saturated heterocycles. The minimum absolute atomic E-state index is 0.0240. The highest BCUT2D eigenvalue weighted by molar-refractivity contribution is 5.88. The van der Waals surface area contributed by atoms with Crippen molar-refractivity contribution in [2.45, 2.75) is 78.7 Å². The Morgan fingerprint density at radius 2 is 1.61 bits per heavy atom. The Hall–Kier alpha value is -3.39. The normalized spacial score (nSPS) is 17.8. The van der Waals surface area contributed by atoms with Crippen LogP contribution in [0.5, 0.6) is 5.75 Å². The standard InChI is InChI=1S/C24H38N4O4.C9H12/c1-4-7-20-15-24(31)28(3)17-23(30)27-16-22(29)26-11-6-8-19-10-9-18(5-2)14-21(19)32-13-12-25-20;1-3-9-6-4-8(2)5-7-9/h9-10,14,20,25H,4-8,11-13,15-17H2,1-3H3,(H,26,29)(H,27,30);4-7H,3H2,1-2H3. The number of aryl methyl sites for hydroxylation is 4. The first kappa shape index (κ1) is 33.8. The maximum absolute atomic E-state index is 12.6. The summed E-state index contributed by atoms with van der Waals surface area (Å²) < 4.78 is 6.11. The number of carbonyl (C=O) groups is 3. The van der Waals surface area contributed by atoms with Gasteiger partial charge in [-0.1, -0.05) is 69.2 Å². The van der Waals surface area contributed by atoms with Crippen molar-refractivity contribution in [2.24, 2.45) is 0 Å². The predicted octanol–water partition coefficient (Wildman–Crippen LogP) is 3.97. The zero-order valence-corrected chi connectivity index (χ0v) is 25.7. The van der Waals surface area contributed by atoms with Crippen LogP contribution in [-0.4, -0.2) is 68.5 Å². The van der Waals surface area contributed by atoms with Gasteiger partial charge >= 0.3 is 0 Å². The van der Waals surface area contributed by atoms with Gasteiger partial charge in [0.15, 0.2) is 0 Å². The lowest BCUT2D eigenvalue weighted by Gasteiger charge is -2.22. The molecule has 0 saturated carbocycles. The van der Waals surface area contributed by atoms with Gasteiger partial charge in [-0.05, 0) is 61.8 Å². The van der Waals surface area contributed by atoms with Gasteiger partial charge in [0.2, 0.25) is 17.7 Å². The monoisotopic (exact) mass is 566 g/mol. The van der Waals surface area contributed by atoms with Crippen molar-refractivity contribution >= 4 is 17.7 Å². The van der Waals surface area contributed by atoms with E-state index in [2.05, 4.69) is 86.1 Å². The number of ether oxygens (including phenoxy) is 1. The molecule has 0 aromatic heterocycles. The van der Waals surface area contributed by atoms with E-state index in [0.29, 0.717) is 26.1 Å². The quantitative estimate of drug-likeness (QED) is 0.520. The highest BCUT2D eigenvalue weighted by Gasteiger charge is 2.18. The van der Waals surface area contributed by atoms with Crippen LogP contribution in [0.25, 0.3) is 0 Å². The zero-order chi connectivity index (χ0) is 30.0. The van der Waals surface area contributed by atoms with E-state index in [1.807, 2.05) is 0 Å². The molecule has 1 heterocycles. The summed E-state index contributed by atoms with van der Waals surface area (Å²) in [7, 11) is 1.61. The van der Waals surface area contributed by atoms with Crippen LogP contribution in [0, 0.1) is 6.92 Å². The summed E-state index contributed by atoms with van der Waals surface area (Å²) in [5.41, 5.74) is 5.09. The van der Waals surface area contributed by atoms with Crippen molar-refractivity contribution in [3.63, 3.8) is 0 Å². The van der Waals surface area contributed by atoms with Gasteiger partial charge in [0.05, 0.1) is 13.1 Å². The molecular weight excluding hydrogens is 516 g/mol. The average molecular weight is 567 g/mol. The summed E-state index contributed by atoms with van der Waals surface area (Å²) in [6.07, 6.45) is 5.77.